The molecule has 160 valence electrons. The average Bonchev–Trinajstić information content (AvgIpc) is 2.81. The van der Waals surface area contributed by atoms with E-state index in [0.717, 1.165) is 9.47 Å². The summed E-state index contributed by atoms with van der Waals surface area (Å²) in [6.07, 6.45) is 2.02. The van der Waals surface area contributed by atoms with E-state index in [2.05, 4.69) is 75.1 Å². The summed E-state index contributed by atoms with van der Waals surface area (Å²) in [4.78, 5) is 2.31. The molecule has 0 bridgehead atoms. The molecule has 0 saturated carbocycles. The first-order valence-corrected chi connectivity index (χ1v) is 9.22. The van der Waals surface area contributed by atoms with Crippen molar-refractivity contribution in [3.63, 3.8) is 0 Å². The predicted octanol–water partition coefficient (Wildman–Crippen LogP) is 4.00. The Balaban J connectivity index is -0.000000182. The van der Waals surface area contributed by atoms with E-state index in [4.69, 9.17) is 32.7 Å². The molecule has 0 N–H and O–H groups in total. The fraction of sp³-hybridized carbons (Fsp3) is 0.333. The summed E-state index contributed by atoms with van der Waals surface area (Å²) in [5.74, 6) is 0. The van der Waals surface area contributed by atoms with Gasteiger partial charge in [0, 0.05) is 0 Å². The van der Waals surface area contributed by atoms with E-state index in [-0.39, 0.29) is 5.60 Å². The van der Waals surface area contributed by atoms with Crippen LogP contribution < -0.4 is 0 Å². The van der Waals surface area contributed by atoms with Gasteiger partial charge in [0.15, 0.2) is 0 Å². The minimum atomic E-state index is -0.346. The number of thioether (sulfide) groups is 1. The summed E-state index contributed by atoms with van der Waals surface area (Å²) in [5, 5.41) is 0. The molecule has 0 aromatic heterocycles. The van der Waals surface area contributed by atoms with Crippen LogP contribution in [0.1, 0.15) is 27.7 Å². The Kier molecular flexibility index (Phi) is 41.5. The molecular weight excluding hydrogens is 448 g/mol. The van der Waals surface area contributed by atoms with Gasteiger partial charge in [-0.1, -0.05) is 0 Å². The zero-order valence-corrected chi connectivity index (χ0v) is 19.1. The second-order valence-corrected chi connectivity index (χ2v) is 6.36. The first-order chi connectivity index (χ1) is 14.5. The van der Waals surface area contributed by atoms with E-state index < -0.39 is 0 Å². The molecule has 1 aromatic carbocycles. The van der Waals surface area contributed by atoms with Crippen molar-refractivity contribution < 1.29 is 48.6 Å². The van der Waals surface area contributed by atoms with Crippen LogP contribution in [0.3, 0.4) is 0 Å². The molecule has 0 unspecified atom stereocenters. The molecule has 9 heteroatoms. The van der Waals surface area contributed by atoms with Crippen LogP contribution in [0.4, 0.5) is 0 Å². The van der Waals surface area contributed by atoms with Gasteiger partial charge >= 0.3 is 191 Å². The Bertz CT molecular complexity index is 625. The number of ether oxygens (including phenoxy) is 2. The third-order valence-corrected chi connectivity index (χ3v) is 4.31. The second kappa shape index (κ2) is 32.0. The van der Waals surface area contributed by atoms with E-state index in [0.29, 0.717) is 13.2 Å². The Labute approximate surface area is 190 Å². The molecule has 1 aromatic rings. The second-order valence-electron chi connectivity index (χ2n) is 4.62. The molecule has 30 heavy (non-hydrogen) atoms. The van der Waals surface area contributed by atoms with E-state index in [1.165, 1.54) is 4.90 Å². The summed E-state index contributed by atoms with van der Waals surface area (Å²) in [6, 6.07) is 10.3. The van der Waals surface area contributed by atoms with Gasteiger partial charge in [-0.15, -0.1) is 0 Å². The van der Waals surface area contributed by atoms with Crippen molar-refractivity contribution in [1.29, 1.82) is 0 Å². The normalized spacial score (nSPS) is 8.67. The van der Waals surface area contributed by atoms with Crippen molar-refractivity contribution in [3.05, 3.63) is 74.6 Å². The standard InChI is InChI=1S/C16H22O2S.5CO.Cr/c1-5-17-13-12-15(16(3,4)18-6-2)19-14-10-8-7-9-11-14;5*1-2;/h7-12H,5-6H2,1-4H3;;;;;;/b15-12-;;;;;;. The number of rotatable bonds is 8. The van der Waals surface area contributed by atoms with Gasteiger partial charge in [-0.25, -0.2) is 0 Å². The van der Waals surface area contributed by atoms with Crippen LogP contribution in [-0.2, 0) is 48.6 Å². The summed E-state index contributed by atoms with van der Waals surface area (Å²) >= 11 is 4.66. The molecule has 0 fully saturated rings. The van der Waals surface area contributed by atoms with E-state index >= 15 is 0 Å². The molecule has 0 aliphatic rings. The molecule has 0 radical (unpaired) electrons. The topological polar surface area (TPSA) is 118 Å². The van der Waals surface area contributed by atoms with Crippen LogP contribution >= 0.6 is 11.8 Å². The van der Waals surface area contributed by atoms with Crippen LogP contribution in [-0.4, -0.2) is 23.4 Å². The quantitative estimate of drug-likeness (QED) is 0.325. The molecule has 0 heterocycles. The van der Waals surface area contributed by atoms with E-state index in [1.54, 1.807) is 11.8 Å². The third kappa shape index (κ3) is 22.6. The van der Waals surface area contributed by atoms with Crippen molar-refractivity contribution in [2.75, 3.05) is 13.2 Å². The molecule has 0 aliphatic heterocycles. The van der Waals surface area contributed by atoms with Crippen molar-refractivity contribution in [3.8, 4) is 0 Å². The van der Waals surface area contributed by atoms with Gasteiger partial charge in [0.25, 0.3) is 0 Å². The van der Waals surface area contributed by atoms with Crippen molar-refractivity contribution in [1.82, 2.24) is 0 Å². The molecule has 0 saturated heterocycles. The Morgan fingerprint density at radius 2 is 1.33 bits per heavy atom. The molecule has 7 nitrogen and oxygen atoms in total. The predicted molar refractivity (Wildman–Crippen MR) is 102 cm³/mol. The summed E-state index contributed by atoms with van der Waals surface area (Å²) in [5.41, 5.74) is -0.346. The van der Waals surface area contributed by atoms with Crippen molar-refractivity contribution in [2.45, 2.75) is 38.2 Å². The maximum absolute atomic E-state index is 7.50. The minimum absolute atomic E-state index is 0.346. The first kappa shape index (κ1) is 38.9. The molecule has 1 rings (SSSR count). The van der Waals surface area contributed by atoms with Gasteiger partial charge < -0.3 is 0 Å². The van der Waals surface area contributed by atoms with Gasteiger partial charge in [0.2, 0.25) is 0 Å². The fourth-order valence-corrected chi connectivity index (χ4v) is 3.17. The molecular formula is C21H22CrO7S. The van der Waals surface area contributed by atoms with Crippen LogP contribution in [0, 0.1) is 33.3 Å². The van der Waals surface area contributed by atoms with Crippen molar-refractivity contribution in [2.24, 2.45) is 0 Å². The summed E-state index contributed by atoms with van der Waals surface area (Å²) in [6.45, 7) is 32.0. The van der Waals surface area contributed by atoms with Crippen LogP contribution in [0.5, 0.6) is 0 Å². The van der Waals surface area contributed by atoms with Gasteiger partial charge in [0.05, 0.1) is 0 Å². The molecule has 0 aliphatic carbocycles. The van der Waals surface area contributed by atoms with Crippen LogP contribution in [0.15, 0.2) is 46.2 Å². The molecule has 0 atom stereocenters. The fourth-order valence-electron chi connectivity index (χ4n) is 1.66. The molecule has 0 spiro atoms. The maximum atomic E-state index is 7.50. The zero-order valence-electron chi connectivity index (χ0n) is 17.1. The van der Waals surface area contributed by atoms with Gasteiger partial charge in [0.1, 0.15) is 0 Å². The number of hydrogen-bond acceptors (Lipinski definition) is 3. The Hall–Kier alpha value is -1.67. The van der Waals surface area contributed by atoms with E-state index in [1.807, 2.05) is 38.1 Å². The molecule has 0 amide bonds. The first-order valence-electron chi connectivity index (χ1n) is 7.77. The summed E-state index contributed by atoms with van der Waals surface area (Å²) in [7, 11) is 0. The van der Waals surface area contributed by atoms with Gasteiger partial charge in [-0.05, 0) is 0 Å². The number of benzene rings is 1. The summed E-state index contributed by atoms with van der Waals surface area (Å²) < 4.78 is 49.7. The zero-order chi connectivity index (χ0) is 25.0. The third-order valence-electron chi connectivity index (χ3n) is 2.61. The SMILES string of the molecule is CCO[C](=[Cr])/C=C(\Sc1ccccc1)C(C)(C)OCC.[C-]#[O+].[C-]#[O+].[C-]#[O+].[C-]#[O+].[C-]#[O+]. The average molecular weight is 470 g/mol. The Morgan fingerprint density at radius 3 is 1.70 bits per heavy atom. The monoisotopic (exact) mass is 470 g/mol. The van der Waals surface area contributed by atoms with Gasteiger partial charge in [-0.3, -0.25) is 0 Å². The van der Waals surface area contributed by atoms with Crippen molar-refractivity contribution >= 4 is 16.3 Å². The number of hydrogen-bond donors (Lipinski definition) is 0. The Morgan fingerprint density at radius 1 is 0.900 bits per heavy atom. The van der Waals surface area contributed by atoms with Gasteiger partial charge in [-0.2, -0.15) is 0 Å². The van der Waals surface area contributed by atoms with Crippen LogP contribution in [0.25, 0.3) is 0 Å². The van der Waals surface area contributed by atoms with E-state index in [9.17, 15) is 0 Å². The van der Waals surface area contributed by atoms with Crippen LogP contribution in [0.2, 0.25) is 0 Å².